The van der Waals surface area contributed by atoms with Gasteiger partial charge in [-0.2, -0.15) is 0 Å². The zero-order valence-corrected chi connectivity index (χ0v) is 16.8. The fourth-order valence-corrected chi connectivity index (χ4v) is 5.44. The van der Waals surface area contributed by atoms with E-state index in [0.29, 0.717) is 0 Å². The molecule has 0 bridgehead atoms. The summed E-state index contributed by atoms with van der Waals surface area (Å²) in [4.78, 5) is 0. The van der Waals surface area contributed by atoms with Crippen LogP contribution in [0.1, 0.15) is 75.7 Å². The predicted molar refractivity (Wildman–Crippen MR) is 107 cm³/mol. The second-order valence-corrected chi connectivity index (χ2v) is 14.6. The summed E-state index contributed by atoms with van der Waals surface area (Å²) in [6.07, 6.45) is 14.7. The lowest BCUT2D eigenvalue weighted by Crippen LogP contribution is -2.18. The van der Waals surface area contributed by atoms with Crippen molar-refractivity contribution in [3.05, 3.63) is 35.9 Å². The molecule has 1 aromatic rings. The van der Waals surface area contributed by atoms with Crippen LogP contribution in [0.5, 0.6) is 0 Å². The Morgan fingerprint density at radius 2 is 1.39 bits per heavy atom. The zero-order valence-electron chi connectivity index (χ0n) is 15.8. The van der Waals surface area contributed by atoms with Crippen molar-refractivity contribution in [2.45, 2.75) is 95.8 Å². The minimum Gasteiger partial charge on any atom is -0.0695 e. The maximum atomic E-state index is 2.50. The molecule has 0 spiro atoms. The molecule has 0 N–H and O–H groups in total. The van der Waals surface area contributed by atoms with Gasteiger partial charge in [0.1, 0.15) is 0 Å². The molecule has 2 rings (SSSR count). The first-order valence-corrected chi connectivity index (χ1v) is 13.8. The summed E-state index contributed by atoms with van der Waals surface area (Å²) >= 11 is 0. The first kappa shape index (κ1) is 18.8. The summed E-state index contributed by atoms with van der Waals surface area (Å²) in [5, 5.41) is 0. The molecule has 0 saturated heterocycles. The lowest BCUT2D eigenvalue weighted by atomic mass is 9.77. The molecule has 0 atom stereocenters. The van der Waals surface area contributed by atoms with E-state index in [1.807, 2.05) is 0 Å². The summed E-state index contributed by atoms with van der Waals surface area (Å²) in [6.45, 7) is 7.50. The van der Waals surface area contributed by atoms with Crippen LogP contribution in [0.3, 0.4) is 0 Å². The van der Waals surface area contributed by atoms with Crippen LogP contribution in [0.2, 0.25) is 25.7 Å². The highest BCUT2D eigenvalue weighted by Crippen LogP contribution is 2.37. The van der Waals surface area contributed by atoms with Crippen LogP contribution in [0.25, 0.3) is 0 Å². The third kappa shape index (κ3) is 7.70. The van der Waals surface area contributed by atoms with Gasteiger partial charge in [0.2, 0.25) is 0 Å². The Hall–Kier alpha value is -0.563. The summed E-state index contributed by atoms with van der Waals surface area (Å²) in [6, 6.07) is 12.7. The second-order valence-electron chi connectivity index (χ2n) is 9.00. The van der Waals surface area contributed by atoms with E-state index >= 15 is 0 Å². The van der Waals surface area contributed by atoms with Crippen LogP contribution in [0.15, 0.2) is 30.3 Å². The van der Waals surface area contributed by atoms with Gasteiger partial charge in [-0.15, -0.1) is 0 Å². The van der Waals surface area contributed by atoms with Crippen LogP contribution < -0.4 is 0 Å². The standard InChI is InChI=1S/C22H38Si/c1-23(2,3)19-11-6-4-5-8-12-20-15-17-22(18-16-20)21-13-9-7-10-14-21/h7,9-10,13-14,20,22H,4-6,8,11-12,15-19H2,1-3H3. The van der Waals surface area contributed by atoms with Gasteiger partial charge in [0, 0.05) is 8.07 Å². The minimum absolute atomic E-state index is 0.787. The maximum absolute atomic E-state index is 2.50. The number of hydrogen-bond acceptors (Lipinski definition) is 0. The Morgan fingerprint density at radius 3 is 2.04 bits per heavy atom. The van der Waals surface area contributed by atoms with Gasteiger partial charge >= 0.3 is 0 Å². The molecule has 0 unspecified atom stereocenters. The van der Waals surface area contributed by atoms with Crippen molar-refractivity contribution < 1.29 is 0 Å². The van der Waals surface area contributed by atoms with Crippen molar-refractivity contribution in [2.75, 3.05) is 0 Å². The molecule has 130 valence electrons. The molecule has 0 aliphatic heterocycles. The second kappa shape index (κ2) is 9.66. The first-order chi connectivity index (χ1) is 11.0. The molecule has 0 heterocycles. The predicted octanol–water partition coefficient (Wildman–Crippen LogP) is 7.64. The van der Waals surface area contributed by atoms with Gasteiger partial charge in [0.25, 0.3) is 0 Å². The van der Waals surface area contributed by atoms with Gasteiger partial charge < -0.3 is 0 Å². The van der Waals surface area contributed by atoms with Gasteiger partial charge in [-0.05, 0) is 43.1 Å². The molecule has 0 radical (unpaired) electrons. The quantitative estimate of drug-likeness (QED) is 0.322. The lowest BCUT2D eigenvalue weighted by Gasteiger charge is -2.28. The first-order valence-electron chi connectivity index (χ1n) is 10.1. The highest BCUT2D eigenvalue weighted by atomic mass is 28.3. The molecular formula is C22H38Si. The number of rotatable bonds is 9. The van der Waals surface area contributed by atoms with Crippen LogP contribution in [-0.2, 0) is 0 Å². The molecule has 1 aliphatic rings. The van der Waals surface area contributed by atoms with Crippen molar-refractivity contribution in [2.24, 2.45) is 5.92 Å². The Bertz CT molecular complexity index is 409. The fraction of sp³-hybridized carbons (Fsp3) is 0.727. The van der Waals surface area contributed by atoms with Gasteiger partial charge in [0.05, 0.1) is 0 Å². The number of benzene rings is 1. The van der Waals surface area contributed by atoms with E-state index < -0.39 is 8.07 Å². The van der Waals surface area contributed by atoms with Crippen LogP contribution in [-0.4, -0.2) is 8.07 Å². The van der Waals surface area contributed by atoms with E-state index in [-0.39, 0.29) is 0 Å². The third-order valence-electron chi connectivity index (χ3n) is 5.66. The zero-order chi connectivity index (χ0) is 16.5. The Morgan fingerprint density at radius 1 is 0.783 bits per heavy atom. The van der Waals surface area contributed by atoms with Crippen molar-refractivity contribution in [1.29, 1.82) is 0 Å². The molecule has 1 aromatic carbocycles. The van der Waals surface area contributed by atoms with Crippen molar-refractivity contribution >= 4 is 8.07 Å². The van der Waals surface area contributed by atoms with Crippen molar-refractivity contribution in [1.82, 2.24) is 0 Å². The summed E-state index contributed by atoms with van der Waals surface area (Å²) in [5.74, 6) is 1.87. The maximum Gasteiger partial charge on any atom is 0.0442 e. The van der Waals surface area contributed by atoms with Gasteiger partial charge in [-0.1, -0.05) is 94.5 Å². The molecule has 1 saturated carbocycles. The number of unbranched alkanes of at least 4 members (excludes halogenated alkanes) is 4. The SMILES string of the molecule is C[Si](C)(C)CCCCCCCC1CCC(c2ccccc2)CC1. The van der Waals surface area contributed by atoms with E-state index in [1.165, 1.54) is 70.3 Å². The van der Waals surface area contributed by atoms with Gasteiger partial charge in [-0.3, -0.25) is 0 Å². The average molecular weight is 331 g/mol. The largest absolute Gasteiger partial charge is 0.0695 e. The molecule has 1 fully saturated rings. The van der Waals surface area contributed by atoms with Gasteiger partial charge in [0.15, 0.2) is 0 Å². The third-order valence-corrected chi connectivity index (χ3v) is 7.51. The fourth-order valence-electron chi connectivity index (χ4n) is 4.13. The topological polar surface area (TPSA) is 0 Å². The highest BCUT2D eigenvalue weighted by molar-refractivity contribution is 6.76. The smallest absolute Gasteiger partial charge is 0.0442 e. The Balaban J connectivity index is 1.50. The van der Waals surface area contributed by atoms with E-state index in [9.17, 15) is 0 Å². The monoisotopic (exact) mass is 330 g/mol. The van der Waals surface area contributed by atoms with Crippen LogP contribution in [0, 0.1) is 5.92 Å². The lowest BCUT2D eigenvalue weighted by molar-refractivity contribution is 0.302. The molecular weight excluding hydrogens is 292 g/mol. The molecule has 0 amide bonds. The molecule has 1 aliphatic carbocycles. The van der Waals surface area contributed by atoms with Crippen LogP contribution in [0.4, 0.5) is 0 Å². The summed E-state index contributed by atoms with van der Waals surface area (Å²) in [7, 11) is -0.787. The van der Waals surface area contributed by atoms with E-state index in [4.69, 9.17) is 0 Å². The normalized spacial score (nSPS) is 22.2. The van der Waals surface area contributed by atoms with Crippen molar-refractivity contribution in [3.8, 4) is 0 Å². The molecule has 0 aromatic heterocycles. The minimum atomic E-state index is -0.787. The summed E-state index contributed by atoms with van der Waals surface area (Å²) in [5.41, 5.74) is 1.58. The highest BCUT2D eigenvalue weighted by Gasteiger charge is 2.21. The average Bonchev–Trinajstić information content (AvgIpc) is 2.54. The Labute approximate surface area is 146 Å². The summed E-state index contributed by atoms with van der Waals surface area (Å²) < 4.78 is 0. The van der Waals surface area contributed by atoms with E-state index in [1.54, 1.807) is 5.56 Å². The van der Waals surface area contributed by atoms with E-state index in [0.717, 1.165) is 11.8 Å². The Kier molecular flexibility index (Phi) is 7.89. The number of hydrogen-bond donors (Lipinski definition) is 0. The molecule has 0 nitrogen and oxygen atoms in total. The van der Waals surface area contributed by atoms with Gasteiger partial charge in [-0.25, -0.2) is 0 Å². The van der Waals surface area contributed by atoms with Crippen molar-refractivity contribution in [3.63, 3.8) is 0 Å². The molecule has 1 heteroatoms. The van der Waals surface area contributed by atoms with Crippen LogP contribution >= 0.6 is 0 Å². The molecule has 23 heavy (non-hydrogen) atoms. The van der Waals surface area contributed by atoms with E-state index in [2.05, 4.69) is 50.0 Å².